The van der Waals surface area contributed by atoms with Crippen molar-refractivity contribution < 1.29 is 9.59 Å². The predicted molar refractivity (Wildman–Crippen MR) is 96.0 cm³/mol. The Morgan fingerprint density at radius 3 is 2.32 bits per heavy atom. The number of amides is 2. The van der Waals surface area contributed by atoms with Crippen LogP contribution in [0.3, 0.4) is 0 Å². The van der Waals surface area contributed by atoms with Crippen molar-refractivity contribution in [3.63, 3.8) is 0 Å². The Bertz CT molecular complexity index is 963. The first-order chi connectivity index (χ1) is 12.0. The largest absolute Gasteiger partial charge is 0.269 e. The maximum atomic E-state index is 12.5. The highest BCUT2D eigenvalue weighted by atomic mass is 35.5. The molecule has 5 nitrogen and oxygen atoms in total. The fourth-order valence-electron chi connectivity index (χ4n) is 2.58. The Kier molecular flexibility index (Phi) is 4.03. The number of imide groups is 1. The maximum absolute atomic E-state index is 12.5. The molecule has 25 heavy (non-hydrogen) atoms. The average Bonchev–Trinajstić information content (AvgIpc) is 3.17. The Morgan fingerprint density at radius 2 is 1.72 bits per heavy atom. The van der Waals surface area contributed by atoms with Gasteiger partial charge in [-0.05, 0) is 24.3 Å². The lowest BCUT2D eigenvalue weighted by atomic mass is 10.1. The minimum absolute atomic E-state index is 0.0882. The number of pyridine rings is 1. The van der Waals surface area contributed by atoms with Crippen LogP contribution in [-0.2, 0) is 6.54 Å². The van der Waals surface area contributed by atoms with E-state index in [0.29, 0.717) is 5.69 Å². The van der Waals surface area contributed by atoms with Gasteiger partial charge in [0.2, 0.25) is 0 Å². The first kappa shape index (κ1) is 16.2. The van der Waals surface area contributed by atoms with Crippen molar-refractivity contribution in [1.82, 2.24) is 14.9 Å². The topological polar surface area (TPSA) is 63.2 Å². The molecule has 0 saturated heterocycles. The molecule has 1 aromatic carbocycles. The summed E-state index contributed by atoms with van der Waals surface area (Å²) in [6.45, 7) is 0.0882. The molecule has 0 atom stereocenters. The van der Waals surface area contributed by atoms with E-state index in [4.69, 9.17) is 23.2 Å². The lowest BCUT2D eigenvalue weighted by Crippen LogP contribution is -2.29. The van der Waals surface area contributed by atoms with Gasteiger partial charge in [-0.1, -0.05) is 29.3 Å². The van der Waals surface area contributed by atoms with E-state index in [0.717, 1.165) is 15.6 Å². The normalized spacial score (nSPS) is 13.4. The highest BCUT2D eigenvalue weighted by Crippen LogP contribution is 2.32. The van der Waals surface area contributed by atoms with Crippen molar-refractivity contribution >= 4 is 46.4 Å². The van der Waals surface area contributed by atoms with Gasteiger partial charge < -0.3 is 0 Å². The van der Waals surface area contributed by atoms with Crippen LogP contribution < -0.4 is 0 Å². The molecule has 3 heterocycles. The molecule has 0 spiro atoms. The fourth-order valence-corrected chi connectivity index (χ4v) is 3.69. The third kappa shape index (κ3) is 2.82. The van der Waals surface area contributed by atoms with E-state index >= 15 is 0 Å². The number of hydrogen-bond acceptors (Lipinski definition) is 5. The second kappa shape index (κ2) is 6.22. The molecule has 2 aromatic heterocycles. The van der Waals surface area contributed by atoms with Gasteiger partial charge in [0, 0.05) is 11.6 Å². The number of thiazole rings is 1. The Hall–Kier alpha value is -2.28. The number of rotatable bonds is 3. The summed E-state index contributed by atoms with van der Waals surface area (Å²) >= 11 is 13.3. The molecule has 0 saturated carbocycles. The standard InChI is InChI=1S/C17H9Cl2N3O2S/c18-12-5-10-11(6-13(12)19)17(24)22(16(10)23)7-9-8-25-15(21-9)14-3-1-2-4-20-14/h1-6,8H,7H2. The Balaban J connectivity index is 1.61. The van der Waals surface area contributed by atoms with Gasteiger partial charge in [-0.15, -0.1) is 11.3 Å². The maximum Gasteiger partial charge on any atom is 0.261 e. The summed E-state index contributed by atoms with van der Waals surface area (Å²) in [4.78, 5) is 34.9. The van der Waals surface area contributed by atoms with Gasteiger partial charge in [0.15, 0.2) is 0 Å². The Morgan fingerprint density at radius 1 is 1.04 bits per heavy atom. The van der Waals surface area contributed by atoms with Crippen molar-refractivity contribution in [2.24, 2.45) is 0 Å². The van der Waals surface area contributed by atoms with E-state index in [1.54, 1.807) is 6.20 Å². The molecule has 1 aliphatic heterocycles. The molecule has 0 N–H and O–H groups in total. The molecule has 124 valence electrons. The monoisotopic (exact) mass is 389 g/mol. The molecule has 8 heteroatoms. The van der Waals surface area contributed by atoms with Crippen molar-refractivity contribution in [1.29, 1.82) is 0 Å². The van der Waals surface area contributed by atoms with Crippen molar-refractivity contribution in [3.05, 3.63) is 68.8 Å². The summed E-state index contributed by atoms with van der Waals surface area (Å²) in [7, 11) is 0. The fraction of sp³-hybridized carbons (Fsp3) is 0.0588. The van der Waals surface area contributed by atoms with Gasteiger partial charge >= 0.3 is 0 Å². The van der Waals surface area contributed by atoms with Crippen molar-refractivity contribution in [2.75, 3.05) is 0 Å². The van der Waals surface area contributed by atoms with E-state index in [9.17, 15) is 9.59 Å². The molecule has 0 unspecified atom stereocenters. The highest BCUT2D eigenvalue weighted by molar-refractivity contribution is 7.13. The molecule has 0 fully saturated rings. The third-order valence-corrected chi connectivity index (χ3v) is 5.40. The second-order valence-electron chi connectivity index (χ2n) is 5.37. The molecule has 0 radical (unpaired) electrons. The van der Waals surface area contributed by atoms with Crippen LogP contribution in [0.2, 0.25) is 10.0 Å². The van der Waals surface area contributed by atoms with Gasteiger partial charge in [-0.2, -0.15) is 0 Å². The second-order valence-corrected chi connectivity index (χ2v) is 7.04. The van der Waals surface area contributed by atoms with Crippen LogP contribution >= 0.6 is 34.5 Å². The van der Waals surface area contributed by atoms with E-state index in [2.05, 4.69) is 9.97 Å². The molecular weight excluding hydrogens is 381 g/mol. The molecule has 2 amide bonds. The minimum Gasteiger partial charge on any atom is -0.269 e. The number of aromatic nitrogens is 2. The van der Waals surface area contributed by atoms with Crippen molar-refractivity contribution in [3.8, 4) is 10.7 Å². The molecule has 0 aliphatic carbocycles. The van der Waals surface area contributed by atoms with E-state index in [-0.39, 0.29) is 27.7 Å². The molecule has 3 aromatic rings. The SMILES string of the molecule is O=C1c2cc(Cl)c(Cl)cc2C(=O)N1Cc1csc(-c2ccccn2)n1. The van der Waals surface area contributed by atoms with Crippen LogP contribution in [0, 0.1) is 0 Å². The van der Waals surface area contributed by atoms with E-state index in [1.807, 2.05) is 23.6 Å². The Labute approximate surface area is 156 Å². The van der Waals surface area contributed by atoms with Crippen LogP contribution in [0.4, 0.5) is 0 Å². The summed E-state index contributed by atoms with van der Waals surface area (Å²) in [5.41, 5.74) is 1.90. The van der Waals surface area contributed by atoms with Gasteiger partial charge in [-0.3, -0.25) is 19.5 Å². The molecule has 1 aliphatic rings. The van der Waals surface area contributed by atoms with Gasteiger partial charge in [0.05, 0.1) is 39.1 Å². The van der Waals surface area contributed by atoms with Crippen LogP contribution in [-0.4, -0.2) is 26.7 Å². The molecule has 0 bridgehead atoms. The molecule has 4 rings (SSSR count). The highest BCUT2D eigenvalue weighted by Gasteiger charge is 2.36. The number of fused-ring (bicyclic) bond motifs is 1. The first-order valence-corrected chi connectivity index (χ1v) is 8.89. The number of halogens is 2. The average molecular weight is 390 g/mol. The quantitative estimate of drug-likeness (QED) is 0.626. The lowest BCUT2D eigenvalue weighted by Gasteiger charge is -2.11. The zero-order chi connectivity index (χ0) is 17.6. The number of carbonyl (C=O) groups excluding carboxylic acids is 2. The minimum atomic E-state index is -0.397. The van der Waals surface area contributed by atoms with Gasteiger partial charge in [-0.25, -0.2) is 4.98 Å². The number of benzene rings is 1. The van der Waals surface area contributed by atoms with E-state index in [1.165, 1.54) is 23.5 Å². The predicted octanol–water partition coefficient (Wildman–Crippen LogP) is 4.31. The molecular formula is C17H9Cl2N3O2S. The summed E-state index contributed by atoms with van der Waals surface area (Å²) in [6.07, 6.45) is 1.69. The van der Waals surface area contributed by atoms with Crippen LogP contribution in [0.5, 0.6) is 0 Å². The summed E-state index contributed by atoms with van der Waals surface area (Å²) in [6, 6.07) is 8.42. The zero-order valence-electron chi connectivity index (χ0n) is 12.6. The first-order valence-electron chi connectivity index (χ1n) is 7.25. The number of nitrogens with zero attached hydrogens (tertiary/aromatic N) is 3. The summed E-state index contributed by atoms with van der Waals surface area (Å²) in [5, 5.41) is 3.04. The van der Waals surface area contributed by atoms with Crippen LogP contribution in [0.15, 0.2) is 41.9 Å². The smallest absolute Gasteiger partial charge is 0.261 e. The number of hydrogen-bond donors (Lipinski definition) is 0. The van der Waals surface area contributed by atoms with E-state index < -0.39 is 11.8 Å². The van der Waals surface area contributed by atoms with Crippen LogP contribution in [0.25, 0.3) is 10.7 Å². The zero-order valence-corrected chi connectivity index (χ0v) is 14.9. The van der Waals surface area contributed by atoms with Gasteiger partial charge in [0.25, 0.3) is 11.8 Å². The van der Waals surface area contributed by atoms with Crippen LogP contribution in [0.1, 0.15) is 26.4 Å². The summed E-state index contributed by atoms with van der Waals surface area (Å²) in [5.74, 6) is -0.795. The van der Waals surface area contributed by atoms with Crippen molar-refractivity contribution in [2.45, 2.75) is 6.54 Å². The third-order valence-electron chi connectivity index (χ3n) is 3.77. The number of carbonyl (C=O) groups is 2. The summed E-state index contributed by atoms with van der Waals surface area (Å²) < 4.78 is 0. The lowest BCUT2D eigenvalue weighted by molar-refractivity contribution is 0.0640. The van der Waals surface area contributed by atoms with Gasteiger partial charge in [0.1, 0.15) is 5.01 Å².